The summed E-state index contributed by atoms with van der Waals surface area (Å²) in [5.41, 5.74) is -2.31. The molecule has 13 heteroatoms. The van der Waals surface area contributed by atoms with Crippen molar-refractivity contribution in [2.45, 2.75) is 6.18 Å². The number of hydrogen-bond acceptors (Lipinski definition) is 6. The number of carbonyl (C=O) groups is 2. The summed E-state index contributed by atoms with van der Waals surface area (Å²) in [4.78, 5) is 26.2. The molecule has 36 heavy (non-hydrogen) atoms. The first kappa shape index (κ1) is 27.2. The fourth-order valence-corrected chi connectivity index (χ4v) is 3.93. The van der Waals surface area contributed by atoms with E-state index in [2.05, 4.69) is 15.9 Å². The quantitative estimate of drug-likeness (QED) is 0.284. The van der Waals surface area contributed by atoms with Crippen LogP contribution in [0.3, 0.4) is 0 Å². The molecule has 0 N–H and O–H groups in total. The third kappa shape index (κ3) is 5.54. The first-order chi connectivity index (χ1) is 16.9. The molecule has 0 atom stereocenters. The van der Waals surface area contributed by atoms with E-state index < -0.39 is 46.8 Å². The summed E-state index contributed by atoms with van der Waals surface area (Å²) >= 11 is 9.48. The molecule has 190 valence electrons. The average molecular weight is 595 g/mol. The van der Waals surface area contributed by atoms with Crippen LogP contribution >= 0.6 is 27.5 Å². The van der Waals surface area contributed by atoms with Crippen molar-refractivity contribution in [2.24, 2.45) is 0 Å². The van der Waals surface area contributed by atoms with Crippen molar-refractivity contribution in [1.82, 2.24) is 0 Å². The molecule has 2 aromatic rings. The number of nitrogens with zero attached hydrogens (tertiary/aromatic N) is 1. The van der Waals surface area contributed by atoms with Crippen LogP contribution in [0.5, 0.6) is 11.5 Å². The van der Waals surface area contributed by atoms with Crippen LogP contribution in [0.4, 0.5) is 27.6 Å². The zero-order valence-corrected chi connectivity index (χ0v) is 20.6. The number of esters is 2. The molecule has 1 heterocycles. The normalized spacial score (nSPS) is 13.5. The molecule has 3 rings (SSSR count). The fraction of sp³-hybridized carbons (Fsp3) is 0.130. The van der Waals surface area contributed by atoms with Crippen LogP contribution in [0.15, 0.2) is 64.4 Å². The van der Waals surface area contributed by atoms with Gasteiger partial charge in [0.2, 0.25) is 0 Å². The molecule has 2 aromatic carbocycles. The maximum atomic E-state index is 14.6. The van der Waals surface area contributed by atoms with Gasteiger partial charge in [0.1, 0.15) is 5.70 Å². The summed E-state index contributed by atoms with van der Waals surface area (Å²) < 4.78 is 83.1. The zero-order chi connectivity index (χ0) is 26.8. The largest absolute Gasteiger partial charge is 0.465 e. The Kier molecular flexibility index (Phi) is 8.09. The first-order valence-corrected chi connectivity index (χ1v) is 10.8. The van der Waals surface area contributed by atoms with Gasteiger partial charge in [-0.3, -0.25) is 0 Å². The molecule has 0 spiro atoms. The number of allylic oxidation sites excluding steroid dienone is 2. The topological polar surface area (TPSA) is 65.1 Å². The second kappa shape index (κ2) is 10.7. The maximum absolute atomic E-state index is 14.6. The van der Waals surface area contributed by atoms with E-state index in [0.29, 0.717) is 4.47 Å². The summed E-state index contributed by atoms with van der Waals surface area (Å²) in [6, 6.07) is 2.74. The van der Waals surface area contributed by atoms with Crippen molar-refractivity contribution in [2.75, 3.05) is 19.1 Å². The standard InChI is InChI=1S/C23H14BrClF5NO5/c1-34-21(32)13-5-3-4-6-31(18(13)22(33)35-2)17-10-12(24)9-14(25)19(17)36-20-15(26)7-11(8-16(20)27)23(28,29)30/h3-10H,1-2H3. The Morgan fingerprint density at radius 1 is 0.944 bits per heavy atom. The van der Waals surface area contributed by atoms with E-state index in [4.69, 9.17) is 25.8 Å². The minimum Gasteiger partial charge on any atom is -0.465 e. The van der Waals surface area contributed by atoms with Crippen LogP contribution in [-0.2, 0) is 25.2 Å². The smallest absolute Gasteiger partial charge is 0.416 e. The molecule has 1 aliphatic heterocycles. The van der Waals surface area contributed by atoms with E-state index in [-0.39, 0.29) is 34.1 Å². The first-order valence-electron chi connectivity index (χ1n) is 9.67. The Morgan fingerprint density at radius 2 is 1.56 bits per heavy atom. The minimum absolute atomic E-state index is 0.0652. The van der Waals surface area contributed by atoms with Crippen molar-refractivity contribution >= 4 is 45.2 Å². The fourth-order valence-electron chi connectivity index (χ4n) is 3.10. The van der Waals surface area contributed by atoms with Gasteiger partial charge in [-0.15, -0.1) is 0 Å². The van der Waals surface area contributed by atoms with Gasteiger partial charge in [-0.25, -0.2) is 18.4 Å². The summed E-state index contributed by atoms with van der Waals surface area (Å²) in [5, 5.41) is -0.243. The van der Waals surface area contributed by atoms with Gasteiger partial charge in [0.25, 0.3) is 0 Å². The van der Waals surface area contributed by atoms with Gasteiger partial charge >= 0.3 is 18.1 Å². The molecule has 6 nitrogen and oxygen atoms in total. The van der Waals surface area contributed by atoms with E-state index in [1.807, 2.05) is 0 Å². The predicted octanol–water partition coefficient (Wildman–Crippen LogP) is 6.68. The number of halogens is 7. The molecule has 0 saturated heterocycles. The summed E-state index contributed by atoms with van der Waals surface area (Å²) in [7, 11) is 2.14. The van der Waals surface area contributed by atoms with E-state index in [1.54, 1.807) is 0 Å². The highest BCUT2D eigenvalue weighted by Crippen LogP contribution is 2.45. The molecule has 0 amide bonds. The van der Waals surface area contributed by atoms with Crippen molar-refractivity contribution in [1.29, 1.82) is 0 Å². The molecule has 1 aliphatic rings. The van der Waals surface area contributed by atoms with E-state index >= 15 is 0 Å². The van der Waals surface area contributed by atoms with Crippen molar-refractivity contribution in [3.63, 3.8) is 0 Å². The van der Waals surface area contributed by atoms with Crippen LogP contribution in [-0.4, -0.2) is 26.2 Å². The van der Waals surface area contributed by atoms with E-state index in [9.17, 15) is 31.5 Å². The van der Waals surface area contributed by atoms with Gasteiger partial charge in [0.05, 0.1) is 36.1 Å². The van der Waals surface area contributed by atoms with Crippen LogP contribution in [0.1, 0.15) is 5.56 Å². The molecular formula is C23H14BrClF5NO5. The third-order valence-electron chi connectivity index (χ3n) is 4.67. The summed E-state index contributed by atoms with van der Waals surface area (Å²) in [5.74, 6) is -6.85. The SMILES string of the molecule is COC(=O)C1=C(C(=O)OC)N(c2cc(Br)cc(Cl)c2Oc2c(F)cc(C(F)(F)F)cc2F)C=CC=C1. The highest BCUT2D eigenvalue weighted by atomic mass is 79.9. The molecule has 0 saturated carbocycles. The predicted molar refractivity (Wildman–Crippen MR) is 122 cm³/mol. The van der Waals surface area contributed by atoms with Crippen molar-refractivity contribution < 1.29 is 45.8 Å². The number of benzene rings is 2. The van der Waals surface area contributed by atoms with Crippen molar-refractivity contribution in [3.8, 4) is 11.5 Å². The average Bonchev–Trinajstić information content (AvgIpc) is 3.03. The number of ether oxygens (including phenoxy) is 3. The lowest BCUT2D eigenvalue weighted by Gasteiger charge is -2.26. The Morgan fingerprint density at radius 3 is 2.11 bits per heavy atom. The molecule has 0 unspecified atom stereocenters. The van der Waals surface area contributed by atoms with Gasteiger partial charge in [-0.2, -0.15) is 13.2 Å². The second-order valence-electron chi connectivity index (χ2n) is 6.92. The van der Waals surface area contributed by atoms with Crippen LogP contribution < -0.4 is 9.64 Å². The van der Waals surface area contributed by atoms with Crippen LogP contribution in [0, 0.1) is 11.6 Å². The van der Waals surface area contributed by atoms with E-state index in [0.717, 1.165) is 19.1 Å². The van der Waals surface area contributed by atoms with E-state index in [1.165, 1.54) is 36.6 Å². The minimum atomic E-state index is -5.00. The zero-order valence-electron chi connectivity index (χ0n) is 18.3. The lowest BCUT2D eigenvalue weighted by atomic mass is 10.1. The van der Waals surface area contributed by atoms with Gasteiger partial charge in [-0.05, 0) is 36.4 Å². The Bertz CT molecular complexity index is 1300. The monoisotopic (exact) mass is 593 g/mol. The molecule has 0 bridgehead atoms. The Labute approximate surface area is 214 Å². The van der Waals surface area contributed by atoms with Crippen LogP contribution in [0.25, 0.3) is 0 Å². The van der Waals surface area contributed by atoms with Gasteiger partial charge < -0.3 is 19.1 Å². The highest BCUT2D eigenvalue weighted by Gasteiger charge is 2.34. The van der Waals surface area contributed by atoms with Gasteiger partial charge in [0, 0.05) is 10.7 Å². The lowest BCUT2D eigenvalue weighted by molar-refractivity contribution is -0.139. The molecule has 0 fully saturated rings. The Hall–Kier alpha value is -3.38. The lowest BCUT2D eigenvalue weighted by Crippen LogP contribution is -2.27. The van der Waals surface area contributed by atoms with Crippen LogP contribution in [0.2, 0.25) is 5.02 Å². The Balaban J connectivity index is 2.25. The van der Waals surface area contributed by atoms with Gasteiger partial charge in [-0.1, -0.05) is 33.6 Å². The third-order valence-corrected chi connectivity index (χ3v) is 5.41. The highest BCUT2D eigenvalue weighted by molar-refractivity contribution is 9.10. The summed E-state index contributed by atoms with van der Waals surface area (Å²) in [6.07, 6.45) is 0.378. The number of carbonyl (C=O) groups excluding carboxylic acids is 2. The van der Waals surface area contributed by atoms with Gasteiger partial charge in [0.15, 0.2) is 23.1 Å². The molecule has 0 aromatic heterocycles. The number of alkyl halides is 3. The molecule has 0 radical (unpaired) electrons. The van der Waals surface area contributed by atoms with Crippen molar-refractivity contribution in [3.05, 3.63) is 86.7 Å². The number of anilines is 1. The number of hydrogen-bond donors (Lipinski definition) is 0. The number of methoxy groups -OCH3 is 2. The second-order valence-corrected chi connectivity index (χ2v) is 8.24. The maximum Gasteiger partial charge on any atom is 0.416 e. The molecular weight excluding hydrogens is 581 g/mol. The summed E-state index contributed by atoms with van der Waals surface area (Å²) in [6.45, 7) is 0. The number of rotatable bonds is 5. The molecule has 0 aliphatic carbocycles.